The third-order valence-electron chi connectivity index (χ3n) is 5.68. The van der Waals surface area contributed by atoms with Crippen LogP contribution in [0.2, 0.25) is 0 Å². The third-order valence-corrected chi connectivity index (χ3v) is 6.76. The molecule has 2 amide bonds. The second kappa shape index (κ2) is 9.46. The Morgan fingerprint density at radius 3 is 2.53 bits per heavy atom. The van der Waals surface area contributed by atoms with E-state index in [1.807, 2.05) is 0 Å². The van der Waals surface area contributed by atoms with Gasteiger partial charge in [0.1, 0.15) is 5.75 Å². The standard InChI is InChI=1S/C20H20N6O9S/c1-25-19(22-23-24-25)36-8-10-7-35-18-20(34-2,17(33)26(18)13(10)16(31)32)21-14(28)12(15(29)30)9-3-5-11(27)6-4-9/h3-7,12-13,18,27H,8H2,1-2H3,(H,21,28)(H,29,30)(H,31,32)/t12?,13?,18-,20+/m1/s1. The number of nitrogens with zero attached hydrogens (tertiary/aromatic N) is 5. The Hall–Kier alpha value is -4.18. The van der Waals surface area contributed by atoms with Gasteiger partial charge in [-0.3, -0.25) is 19.3 Å². The first-order valence-electron chi connectivity index (χ1n) is 10.2. The van der Waals surface area contributed by atoms with Crippen molar-refractivity contribution in [3.63, 3.8) is 0 Å². The Labute approximate surface area is 206 Å². The average molecular weight is 520 g/mol. The molecule has 2 aliphatic heterocycles. The van der Waals surface area contributed by atoms with Crippen LogP contribution in [0, 0.1) is 0 Å². The highest BCUT2D eigenvalue weighted by molar-refractivity contribution is 7.99. The monoisotopic (exact) mass is 520 g/mol. The Morgan fingerprint density at radius 2 is 1.97 bits per heavy atom. The number of benzene rings is 1. The minimum atomic E-state index is -2.15. The van der Waals surface area contributed by atoms with Gasteiger partial charge in [-0.1, -0.05) is 23.9 Å². The van der Waals surface area contributed by atoms with Crippen molar-refractivity contribution in [1.29, 1.82) is 0 Å². The molecule has 2 unspecified atom stereocenters. The molecule has 1 fully saturated rings. The summed E-state index contributed by atoms with van der Waals surface area (Å²) in [4.78, 5) is 51.0. The van der Waals surface area contributed by atoms with Crippen LogP contribution in [0.15, 0.2) is 41.3 Å². The van der Waals surface area contributed by atoms with Crippen molar-refractivity contribution in [3.05, 3.63) is 41.7 Å². The van der Waals surface area contributed by atoms with Crippen LogP contribution in [0.1, 0.15) is 11.5 Å². The number of aryl methyl sites for hydroxylation is 1. The number of carboxylic acids is 2. The second-order valence-electron chi connectivity index (χ2n) is 7.80. The van der Waals surface area contributed by atoms with Gasteiger partial charge in [0, 0.05) is 25.5 Å². The Bertz CT molecular complexity index is 1250. The summed E-state index contributed by atoms with van der Waals surface area (Å²) in [5.74, 6) is -6.69. The number of hydrogen-bond acceptors (Lipinski definition) is 11. The van der Waals surface area contributed by atoms with E-state index in [2.05, 4.69) is 20.8 Å². The number of ether oxygens (including phenoxy) is 2. The topological polar surface area (TPSA) is 206 Å². The molecule has 0 saturated carbocycles. The smallest absolute Gasteiger partial charge is 0.331 e. The predicted molar refractivity (Wildman–Crippen MR) is 117 cm³/mol. The molecule has 0 bridgehead atoms. The molecule has 4 N–H and O–H groups in total. The number of β-lactam (4-membered cyclic amide) rings is 1. The van der Waals surface area contributed by atoms with E-state index in [1.165, 1.54) is 28.9 Å². The van der Waals surface area contributed by atoms with E-state index in [1.54, 1.807) is 7.05 Å². The minimum absolute atomic E-state index is 0.0399. The highest BCUT2D eigenvalue weighted by Crippen LogP contribution is 2.41. The highest BCUT2D eigenvalue weighted by atomic mass is 32.2. The average Bonchev–Trinajstić information content (AvgIpc) is 3.25. The number of aliphatic carboxylic acids is 2. The van der Waals surface area contributed by atoms with Gasteiger partial charge in [0.25, 0.3) is 11.6 Å². The molecular weight excluding hydrogens is 500 g/mol. The summed E-state index contributed by atoms with van der Waals surface area (Å²) in [6, 6.07) is 3.49. The molecular formula is C20H20N6O9S. The van der Waals surface area contributed by atoms with Crippen LogP contribution in [0.4, 0.5) is 0 Å². The molecule has 3 heterocycles. The number of nitrogens with one attached hydrogen (secondary N) is 1. The van der Waals surface area contributed by atoms with E-state index in [4.69, 9.17) is 9.47 Å². The van der Waals surface area contributed by atoms with Crippen LogP contribution in [0.3, 0.4) is 0 Å². The van der Waals surface area contributed by atoms with Crippen molar-refractivity contribution >= 4 is 35.5 Å². The van der Waals surface area contributed by atoms with Gasteiger partial charge < -0.3 is 30.1 Å². The number of tetrazole rings is 1. The van der Waals surface area contributed by atoms with E-state index in [0.717, 1.165) is 30.0 Å². The first kappa shape index (κ1) is 24.9. The van der Waals surface area contributed by atoms with E-state index in [9.17, 15) is 34.5 Å². The van der Waals surface area contributed by atoms with E-state index < -0.39 is 47.7 Å². The van der Waals surface area contributed by atoms with Crippen LogP contribution >= 0.6 is 11.8 Å². The number of carbonyl (C=O) groups excluding carboxylic acids is 2. The fraction of sp³-hybridized carbons (Fsp3) is 0.350. The van der Waals surface area contributed by atoms with Gasteiger partial charge in [0.15, 0.2) is 12.0 Å². The number of phenolic OH excluding ortho intramolecular Hbond substituents is 1. The molecule has 16 heteroatoms. The lowest BCUT2D eigenvalue weighted by molar-refractivity contribution is -0.260. The molecule has 2 aromatic rings. The van der Waals surface area contributed by atoms with Gasteiger partial charge >= 0.3 is 11.9 Å². The van der Waals surface area contributed by atoms with Gasteiger partial charge in [-0.05, 0) is 28.1 Å². The number of aromatic nitrogens is 4. The van der Waals surface area contributed by atoms with Gasteiger partial charge in [0.2, 0.25) is 17.3 Å². The van der Waals surface area contributed by atoms with Crippen LogP contribution in [0.5, 0.6) is 5.75 Å². The molecule has 0 aliphatic carbocycles. The zero-order valence-electron chi connectivity index (χ0n) is 18.8. The van der Waals surface area contributed by atoms with Crippen molar-refractivity contribution in [2.24, 2.45) is 7.05 Å². The maximum absolute atomic E-state index is 13.2. The summed E-state index contributed by atoms with van der Waals surface area (Å²) in [6.07, 6.45) is -0.211. The molecule has 4 atom stereocenters. The third kappa shape index (κ3) is 4.09. The number of carbonyl (C=O) groups is 4. The number of hydrogen-bond donors (Lipinski definition) is 4. The van der Waals surface area contributed by atoms with Gasteiger partial charge in [-0.15, -0.1) is 5.10 Å². The van der Waals surface area contributed by atoms with Crippen molar-refractivity contribution in [2.75, 3.05) is 12.9 Å². The quantitative estimate of drug-likeness (QED) is 0.134. The van der Waals surface area contributed by atoms with E-state index >= 15 is 0 Å². The molecule has 1 aromatic carbocycles. The lowest BCUT2D eigenvalue weighted by atomic mass is 9.90. The number of carboxylic acid groups (broad SMARTS) is 2. The molecule has 190 valence electrons. The lowest BCUT2D eigenvalue weighted by Crippen LogP contribution is -2.84. The Kier molecular flexibility index (Phi) is 6.55. The Morgan fingerprint density at radius 1 is 1.28 bits per heavy atom. The SMILES string of the molecule is CO[C@@]1(NC(=O)C(C(=O)O)c2ccc(O)cc2)C(=O)N2C(C(=O)O)C(CSc3nnnn3C)=CO[C@@H]21. The van der Waals surface area contributed by atoms with E-state index in [-0.39, 0.29) is 22.6 Å². The summed E-state index contributed by atoms with van der Waals surface area (Å²) >= 11 is 1.13. The number of phenols is 1. The number of amides is 2. The van der Waals surface area contributed by atoms with Crippen LogP contribution in [-0.2, 0) is 35.7 Å². The van der Waals surface area contributed by atoms with Crippen LogP contribution in [0.25, 0.3) is 0 Å². The maximum Gasteiger partial charge on any atom is 0.331 e. The maximum atomic E-state index is 13.2. The van der Waals surface area contributed by atoms with Crippen LogP contribution < -0.4 is 5.32 Å². The Balaban J connectivity index is 1.57. The van der Waals surface area contributed by atoms with Gasteiger partial charge in [0.05, 0.1) is 6.26 Å². The number of methoxy groups -OCH3 is 1. The molecule has 2 aliphatic rings. The first-order chi connectivity index (χ1) is 17.1. The summed E-state index contributed by atoms with van der Waals surface area (Å²) in [6.45, 7) is 0. The highest BCUT2D eigenvalue weighted by Gasteiger charge is 2.69. The van der Waals surface area contributed by atoms with Gasteiger partial charge in [-0.25, -0.2) is 9.48 Å². The minimum Gasteiger partial charge on any atom is -0.508 e. The zero-order valence-corrected chi connectivity index (χ0v) is 19.6. The predicted octanol–water partition coefficient (Wildman–Crippen LogP) is -1.13. The van der Waals surface area contributed by atoms with Gasteiger partial charge in [-0.2, -0.15) is 0 Å². The molecule has 4 rings (SSSR count). The van der Waals surface area contributed by atoms with Crippen molar-refractivity contribution < 1.29 is 44.0 Å². The number of rotatable bonds is 9. The molecule has 1 saturated heterocycles. The van der Waals surface area contributed by atoms with E-state index in [0.29, 0.717) is 5.16 Å². The van der Waals surface area contributed by atoms with Crippen molar-refractivity contribution in [3.8, 4) is 5.75 Å². The summed E-state index contributed by atoms with van der Waals surface area (Å²) in [7, 11) is 2.71. The normalized spacial score (nSPS) is 23.6. The second-order valence-corrected chi connectivity index (χ2v) is 8.74. The summed E-state index contributed by atoms with van der Waals surface area (Å²) in [5.41, 5.74) is -1.89. The molecule has 0 spiro atoms. The number of thioether (sulfide) groups is 1. The number of aromatic hydroxyl groups is 1. The molecule has 15 nitrogen and oxygen atoms in total. The van der Waals surface area contributed by atoms with Crippen LogP contribution in [-0.4, -0.2) is 95.0 Å². The summed E-state index contributed by atoms with van der Waals surface area (Å²) < 4.78 is 12.3. The number of fused-ring (bicyclic) bond motifs is 1. The summed E-state index contributed by atoms with van der Waals surface area (Å²) in [5, 5.41) is 42.6. The van der Waals surface area contributed by atoms with Crippen molar-refractivity contribution in [2.45, 2.75) is 29.1 Å². The van der Waals surface area contributed by atoms with Crippen molar-refractivity contribution in [1.82, 2.24) is 30.4 Å². The fourth-order valence-corrected chi connectivity index (χ4v) is 4.75. The largest absolute Gasteiger partial charge is 0.508 e. The molecule has 1 aromatic heterocycles. The fourth-order valence-electron chi connectivity index (χ4n) is 3.91. The lowest BCUT2D eigenvalue weighted by Gasteiger charge is -2.56. The molecule has 36 heavy (non-hydrogen) atoms. The zero-order chi connectivity index (χ0) is 26.2. The first-order valence-corrected chi connectivity index (χ1v) is 11.2. The molecule has 0 radical (unpaired) electrons.